The number of nitrogens with one attached hydrogen (secondary N) is 2. The number of aromatic nitrogens is 5. The van der Waals surface area contributed by atoms with Gasteiger partial charge in [0.15, 0.2) is 11.3 Å². The van der Waals surface area contributed by atoms with Crippen LogP contribution < -0.4 is 10.6 Å². The first kappa shape index (κ1) is 21.4. The van der Waals surface area contributed by atoms with E-state index in [-0.39, 0.29) is 11.6 Å². The molecule has 0 radical (unpaired) electrons. The number of hydrogen-bond acceptors (Lipinski definition) is 5. The molecule has 0 aliphatic rings. The van der Waals surface area contributed by atoms with Crippen molar-refractivity contribution in [1.82, 2.24) is 24.0 Å². The molecule has 4 aromatic heterocycles. The van der Waals surface area contributed by atoms with E-state index in [9.17, 15) is 18.0 Å². The van der Waals surface area contributed by atoms with E-state index in [0.717, 1.165) is 17.6 Å². The number of nitrogens with zero attached hydrogens (tertiary/aromatic N) is 5. The summed E-state index contributed by atoms with van der Waals surface area (Å²) in [5, 5.41) is 10.1. The van der Waals surface area contributed by atoms with Crippen LogP contribution >= 0.6 is 0 Å². The second-order valence-corrected chi connectivity index (χ2v) is 7.75. The molecule has 1 aromatic carbocycles. The molecule has 5 aromatic rings. The molecule has 172 valence electrons. The number of imidazole rings is 1. The topological polar surface area (TPSA) is 88.6 Å². The molecule has 4 heterocycles. The summed E-state index contributed by atoms with van der Waals surface area (Å²) in [6.07, 6.45) is -2.11. The first-order valence-corrected chi connectivity index (χ1v) is 10.2. The molecule has 0 saturated carbocycles. The standard InChI is InChI=1S/C23H18F3N7O/c1-13-10-14(2)33-21(28-13)17(11-27-33)22(34)30-16-8-6-15(7-9-16)29-19-4-3-5-20-31-18(12-32(19)20)23(24,25)26/h3-12,29H,1-2H3,(H,30,34). The quantitative estimate of drug-likeness (QED) is 0.390. The lowest BCUT2D eigenvalue weighted by molar-refractivity contribution is -0.140. The van der Waals surface area contributed by atoms with E-state index in [1.165, 1.54) is 16.7 Å². The third-order valence-corrected chi connectivity index (χ3v) is 5.22. The molecule has 0 unspecified atom stereocenters. The fourth-order valence-electron chi connectivity index (χ4n) is 3.66. The molecule has 0 aliphatic carbocycles. The lowest BCUT2D eigenvalue weighted by Gasteiger charge is -2.10. The molecule has 11 heteroatoms. The molecule has 0 fully saturated rings. The van der Waals surface area contributed by atoms with Gasteiger partial charge in [-0.25, -0.2) is 14.5 Å². The number of alkyl halides is 3. The first-order valence-electron chi connectivity index (χ1n) is 10.2. The van der Waals surface area contributed by atoms with Gasteiger partial charge in [-0.2, -0.15) is 18.3 Å². The van der Waals surface area contributed by atoms with Crippen LogP contribution in [0.4, 0.5) is 30.4 Å². The van der Waals surface area contributed by atoms with Gasteiger partial charge in [0, 0.05) is 29.0 Å². The Morgan fingerprint density at radius 2 is 1.74 bits per heavy atom. The van der Waals surface area contributed by atoms with Crippen molar-refractivity contribution in [3.63, 3.8) is 0 Å². The second-order valence-electron chi connectivity index (χ2n) is 7.75. The van der Waals surface area contributed by atoms with E-state index >= 15 is 0 Å². The van der Waals surface area contributed by atoms with Crippen LogP contribution in [0, 0.1) is 13.8 Å². The van der Waals surface area contributed by atoms with E-state index < -0.39 is 11.9 Å². The SMILES string of the molecule is Cc1cc(C)n2ncc(C(=O)Nc3ccc(Nc4cccc5nc(C(F)(F)F)cn45)cc3)c2n1. The second kappa shape index (κ2) is 7.87. The van der Waals surface area contributed by atoms with E-state index in [1.807, 2.05) is 19.9 Å². The Balaban J connectivity index is 1.35. The Kier molecular flexibility index (Phi) is 4.96. The molecule has 34 heavy (non-hydrogen) atoms. The fraction of sp³-hybridized carbons (Fsp3) is 0.130. The number of carbonyl (C=O) groups is 1. The van der Waals surface area contributed by atoms with Gasteiger partial charge in [0.2, 0.25) is 0 Å². The maximum absolute atomic E-state index is 13.0. The molecular formula is C23H18F3N7O. The normalized spacial score (nSPS) is 11.8. The van der Waals surface area contributed by atoms with Gasteiger partial charge in [-0.05, 0) is 56.3 Å². The van der Waals surface area contributed by atoms with Crippen LogP contribution in [0.15, 0.2) is 60.9 Å². The third kappa shape index (κ3) is 3.91. The Bertz CT molecular complexity index is 1530. The van der Waals surface area contributed by atoms with Crippen molar-refractivity contribution in [1.29, 1.82) is 0 Å². The molecular weight excluding hydrogens is 447 g/mol. The lowest BCUT2D eigenvalue weighted by atomic mass is 10.2. The number of fused-ring (bicyclic) bond motifs is 2. The minimum absolute atomic E-state index is 0.175. The van der Waals surface area contributed by atoms with E-state index in [2.05, 4.69) is 25.7 Å². The van der Waals surface area contributed by atoms with Gasteiger partial charge >= 0.3 is 6.18 Å². The first-order chi connectivity index (χ1) is 16.2. The number of benzene rings is 1. The monoisotopic (exact) mass is 465 g/mol. The summed E-state index contributed by atoms with van der Waals surface area (Å²) in [6.45, 7) is 3.73. The summed E-state index contributed by atoms with van der Waals surface area (Å²) >= 11 is 0. The zero-order valence-electron chi connectivity index (χ0n) is 18.1. The van der Waals surface area contributed by atoms with Crippen molar-refractivity contribution >= 4 is 34.4 Å². The van der Waals surface area contributed by atoms with Crippen LogP contribution in [0.3, 0.4) is 0 Å². The molecule has 0 aliphatic heterocycles. The molecule has 8 nitrogen and oxygen atoms in total. The highest BCUT2D eigenvalue weighted by atomic mass is 19.4. The van der Waals surface area contributed by atoms with Crippen molar-refractivity contribution in [2.45, 2.75) is 20.0 Å². The van der Waals surface area contributed by atoms with Gasteiger partial charge in [0.05, 0.1) is 6.20 Å². The number of amides is 1. The third-order valence-electron chi connectivity index (χ3n) is 5.22. The van der Waals surface area contributed by atoms with Crippen LogP contribution in [0.5, 0.6) is 0 Å². The Labute approximate surface area is 191 Å². The van der Waals surface area contributed by atoms with E-state index in [0.29, 0.717) is 28.4 Å². The largest absolute Gasteiger partial charge is 0.434 e. The zero-order chi connectivity index (χ0) is 24.0. The maximum atomic E-state index is 13.0. The summed E-state index contributed by atoms with van der Waals surface area (Å²) in [6, 6.07) is 13.4. The van der Waals surface area contributed by atoms with Crippen LogP contribution in [-0.2, 0) is 6.18 Å². The van der Waals surface area contributed by atoms with E-state index in [4.69, 9.17) is 0 Å². The number of rotatable bonds is 4. The molecule has 0 atom stereocenters. The highest BCUT2D eigenvalue weighted by Gasteiger charge is 2.34. The molecule has 0 saturated heterocycles. The van der Waals surface area contributed by atoms with Crippen LogP contribution in [0.25, 0.3) is 11.3 Å². The summed E-state index contributed by atoms with van der Waals surface area (Å²) in [5.41, 5.74) is 2.84. The van der Waals surface area contributed by atoms with E-state index in [1.54, 1.807) is 40.9 Å². The average molecular weight is 465 g/mol. The van der Waals surface area contributed by atoms with Crippen LogP contribution in [0.1, 0.15) is 27.4 Å². The predicted octanol–water partition coefficient (Wildman–Crippen LogP) is 5.01. The van der Waals surface area contributed by atoms with Crippen LogP contribution in [0.2, 0.25) is 0 Å². The highest BCUT2D eigenvalue weighted by Crippen LogP contribution is 2.30. The molecule has 2 N–H and O–H groups in total. The number of aryl methyl sites for hydroxylation is 2. The Morgan fingerprint density at radius 3 is 2.47 bits per heavy atom. The van der Waals surface area contributed by atoms with Gasteiger partial charge in [-0.15, -0.1) is 0 Å². The van der Waals surface area contributed by atoms with Gasteiger partial charge in [-0.3, -0.25) is 9.20 Å². The smallest absolute Gasteiger partial charge is 0.341 e. The predicted molar refractivity (Wildman–Crippen MR) is 120 cm³/mol. The van der Waals surface area contributed by atoms with Crippen LogP contribution in [-0.4, -0.2) is 29.9 Å². The van der Waals surface area contributed by atoms with Gasteiger partial charge in [0.25, 0.3) is 5.91 Å². The average Bonchev–Trinajstić information content (AvgIpc) is 3.40. The molecule has 0 spiro atoms. The zero-order valence-corrected chi connectivity index (χ0v) is 18.1. The Morgan fingerprint density at radius 1 is 1.00 bits per heavy atom. The maximum Gasteiger partial charge on any atom is 0.434 e. The lowest BCUT2D eigenvalue weighted by Crippen LogP contribution is -2.12. The van der Waals surface area contributed by atoms with Crippen molar-refractivity contribution in [2.75, 3.05) is 10.6 Å². The summed E-state index contributed by atoms with van der Waals surface area (Å²) in [4.78, 5) is 20.8. The molecule has 1 amide bonds. The molecule has 5 rings (SSSR count). The van der Waals surface area contributed by atoms with Crippen molar-refractivity contribution in [3.8, 4) is 0 Å². The summed E-state index contributed by atoms with van der Waals surface area (Å²) in [5.74, 6) is 0.0662. The van der Waals surface area contributed by atoms with Gasteiger partial charge in [0.1, 0.15) is 17.0 Å². The Hall–Kier alpha value is -4.41. The van der Waals surface area contributed by atoms with Crippen molar-refractivity contribution in [3.05, 3.63) is 83.6 Å². The van der Waals surface area contributed by atoms with Crippen molar-refractivity contribution in [2.24, 2.45) is 0 Å². The van der Waals surface area contributed by atoms with Gasteiger partial charge < -0.3 is 10.6 Å². The molecule has 0 bridgehead atoms. The number of hydrogen-bond donors (Lipinski definition) is 2. The number of pyridine rings is 1. The highest BCUT2D eigenvalue weighted by molar-refractivity contribution is 6.08. The minimum Gasteiger partial charge on any atom is -0.341 e. The van der Waals surface area contributed by atoms with Gasteiger partial charge in [-0.1, -0.05) is 6.07 Å². The van der Waals surface area contributed by atoms with Crippen molar-refractivity contribution < 1.29 is 18.0 Å². The number of carbonyl (C=O) groups excluding carboxylic acids is 1. The number of halogens is 3. The summed E-state index contributed by atoms with van der Waals surface area (Å²) in [7, 11) is 0. The minimum atomic E-state index is -4.53. The number of anilines is 3. The fourth-order valence-corrected chi connectivity index (χ4v) is 3.66. The summed E-state index contributed by atoms with van der Waals surface area (Å²) < 4.78 is 42.0.